The van der Waals surface area contributed by atoms with Crippen molar-refractivity contribution in [3.8, 4) is 5.75 Å². The van der Waals surface area contributed by atoms with Gasteiger partial charge in [0.1, 0.15) is 5.75 Å². The molecular weight excluding hydrogens is 420 g/mol. The van der Waals surface area contributed by atoms with Crippen molar-refractivity contribution in [3.63, 3.8) is 0 Å². The summed E-state index contributed by atoms with van der Waals surface area (Å²) in [6.07, 6.45) is 1.69. The highest BCUT2D eigenvalue weighted by atomic mass is 79.9. The summed E-state index contributed by atoms with van der Waals surface area (Å²) in [7, 11) is 1.51. The Balaban J connectivity index is 1.89. The van der Waals surface area contributed by atoms with Gasteiger partial charge < -0.3 is 15.4 Å². The standard InChI is InChI=1S/C19H16BrClN2O3/c1-26-17-9-16(14(20)8-15(17)21)23-19(25)13-10-22-18(24)7-12(13)11-5-3-2-4-6-11/h2-6,8-10,12H,7H2,1H3,(H,22,24)(H,23,25). The van der Waals surface area contributed by atoms with E-state index in [0.29, 0.717) is 26.5 Å². The number of nitrogens with one attached hydrogen (secondary N) is 2. The van der Waals surface area contributed by atoms with Crippen molar-refractivity contribution in [2.75, 3.05) is 12.4 Å². The lowest BCUT2D eigenvalue weighted by Gasteiger charge is -2.24. The fraction of sp³-hybridized carbons (Fsp3) is 0.158. The lowest BCUT2D eigenvalue weighted by molar-refractivity contribution is -0.121. The molecular formula is C19H16BrClN2O3. The third-order valence-corrected chi connectivity index (χ3v) is 5.06. The number of benzene rings is 2. The molecule has 2 aromatic carbocycles. The van der Waals surface area contributed by atoms with Gasteiger partial charge in [0.2, 0.25) is 5.91 Å². The summed E-state index contributed by atoms with van der Waals surface area (Å²) in [5, 5.41) is 5.91. The van der Waals surface area contributed by atoms with Gasteiger partial charge in [0.15, 0.2) is 0 Å². The van der Waals surface area contributed by atoms with Crippen LogP contribution in [0.25, 0.3) is 0 Å². The molecule has 0 aliphatic carbocycles. The molecule has 0 fully saturated rings. The van der Waals surface area contributed by atoms with Gasteiger partial charge in [-0.2, -0.15) is 0 Å². The van der Waals surface area contributed by atoms with Crippen LogP contribution in [0.1, 0.15) is 17.9 Å². The molecule has 2 aromatic rings. The number of carbonyl (C=O) groups is 2. The van der Waals surface area contributed by atoms with Crippen LogP contribution in [0.4, 0.5) is 5.69 Å². The molecule has 134 valence electrons. The van der Waals surface area contributed by atoms with Crippen LogP contribution in [0.2, 0.25) is 5.02 Å². The van der Waals surface area contributed by atoms with Crippen molar-refractivity contribution in [1.82, 2.24) is 5.32 Å². The van der Waals surface area contributed by atoms with E-state index in [2.05, 4.69) is 26.6 Å². The minimum Gasteiger partial charge on any atom is -0.495 e. The van der Waals surface area contributed by atoms with Gasteiger partial charge in [0, 0.05) is 34.7 Å². The number of hydrogen-bond donors (Lipinski definition) is 2. The Morgan fingerprint density at radius 2 is 2.04 bits per heavy atom. The van der Waals surface area contributed by atoms with Crippen molar-refractivity contribution in [2.45, 2.75) is 12.3 Å². The van der Waals surface area contributed by atoms with E-state index in [9.17, 15) is 9.59 Å². The lowest BCUT2D eigenvalue weighted by atomic mass is 9.86. The zero-order valence-electron chi connectivity index (χ0n) is 13.9. The molecule has 1 unspecified atom stereocenters. The van der Waals surface area contributed by atoms with E-state index in [1.807, 2.05) is 30.3 Å². The summed E-state index contributed by atoms with van der Waals surface area (Å²) >= 11 is 9.47. The third-order valence-electron chi connectivity index (χ3n) is 4.11. The molecule has 0 aromatic heterocycles. The van der Waals surface area contributed by atoms with E-state index in [0.717, 1.165) is 5.56 Å². The predicted octanol–water partition coefficient (Wildman–Crippen LogP) is 4.24. The molecule has 0 saturated heterocycles. The maximum Gasteiger partial charge on any atom is 0.253 e. The molecule has 26 heavy (non-hydrogen) atoms. The first-order valence-electron chi connectivity index (χ1n) is 7.88. The maximum atomic E-state index is 12.9. The Bertz CT molecular complexity index is 884. The van der Waals surface area contributed by atoms with Crippen molar-refractivity contribution >= 4 is 45.0 Å². The van der Waals surface area contributed by atoms with E-state index in [4.69, 9.17) is 16.3 Å². The van der Waals surface area contributed by atoms with Crippen LogP contribution in [0.3, 0.4) is 0 Å². The van der Waals surface area contributed by atoms with Crippen LogP contribution >= 0.6 is 27.5 Å². The number of halogens is 2. The van der Waals surface area contributed by atoms with Gasteiger partial charge in [-0.15, -0.1) is 0 Å². The van der Waals surface area contributed by atoms with Crippen LogP contribution in [-0.2, 0) is 9.59 Å². The summed E-state index contributed by atoms with van der Waals surface area (Å²) in [5.41, 5.74) is 1.92. The molecule has 1 heterocycles. The lowest BCUT2D eigenvalue weighted by Crippen LogP contribution is -2.32. The molecule has 0 spiro atoms. The molecule has 0 radical (unpaired) electrons. The van der Waals surface area contributed by atoms with E-state index in [1.54, 1.807) is 12.1 Å². The fourth-order valence-corrected chi connectivity index (χ4v) is 3.61. The quantitative estimate of drug-likeness (QED) is 0.755. The second-order valence-electron chi connectivity index (χ2n) is 5.76. The average Bonchev–Trinajstić information content (AvgIpc) is 2.64. The topological polar surface area (TPSA) is 67.4 Å². The molecule has 0 saturated carbocycles. The van der Waals surface area contributed by atoms with Gasteiger partial charge in [0.25, 0.3) is 5.91 Å². The van der Waals surface area contributed by atoms with Crippen molar-refractivity contribution < 1.29 is 14.3 Å². The minimum absolute atomic E-state index is 0.121. The number of ether oxygens (including phenoxy) is 1. The molecule has 0 bridgehead atoms. The smallest absolute Gasteiger partial charge is 0.253 e. The second-order valence-corrected chi connectivity index (χ2v) is 7.02. The predicted molar refractivity (Wildman–Crippen MR) is 104 cm³/mol. The minimum atomic E-state index is -0.307. The molecule has 1 atom stereocenters. The van der Waals surface area contributed by atoms with Crippen LogP contribution in [0, 0.1) is 0 Å². The summed E-state index contributed by atoms with van der Waals surface area (Å²) in [5.74, 6) is -0.276. The first kappa shape index (κ1) is 18.5. The number of rotatable bonds is 4. The highest BCUT2D eigenvalue weighted by Gasteiger charge is 2.29. The van der Waals surface area contributed by atoms with Gasteiger partial charge in [-0.25, -0.2) is 0 Å². The Morgan fingerprint density at radius 3 is 2.73 bits per heavy atom. The van der Waals surface area contributed by atoms with Gasteiger partial charge in [-0.05, 0) is 27.6 Å². The second kappa shape index (κ2) is 7.93. The highest BCUT2D eigenvalue weighted by Crippen LogP contribution is 2.36. The number of hydrogen-bond acceptors (Lipinski definition) is 3. The largest absolute Gasteiger partial charge is 0.495 e. The van der Waals surface area contributed by atoms with E-state index in [-0.39, 0.29) is 24.2 Å². The first-order chi connectivity index (χ1) is 12.5. The number of carbonyl (C=O) groups excluding carboxylic acids is 2. The van der Waals surface area contributed by atoms with Crippen LogP contribution < -0.4 is 15.4 Å². The number of amides is 2. The number of anilines is 1. The number of methoxy groups -OCH3 is 1. The van der Waals surface area contributed by atoms with E-state index >= 15 is 0 Å². The van der Waals surface area contributed by atoms with Crippen molar-refractivity contribution in [2.24, 2.45) is 0 Å². The maximum absolute atomic E-state index is 12.9. The normalized spacial score (nSPS) is 16.5. The molecule has 1 aliphatic rings. The summed E-state index contributed by atoms with van der Waals surface area (Å²) in [6.45, 7) is 0. The SMILES string of the molecule is COc1cc(NC(=O)C2=CNC(=O)CC2c2ccccc2)c(Br)cc1Cl. The fourth-order valence-electron chi connectivity index (χ4n) is 2.80. The highest BCUT2D eigenvalue weighted by molar-refractivity contribution is 9.10. The average molecular weight is 436 g/mol. The Kier molecular flexibility index (Phi) is 5.64. The Morgan fingerprint density at radius 1 is 1.31 bits per heavy atom. The summed E-state index contributed by atoms with van der Waals surface area (Å²) in [4.78, 5) is 24.7. The molecule has 7 heteroatoms. The third kappa shape index (κ3) is 3.92. The van der Waals surface area contributed by atoms with Crippen LogP contribution in [-0.4, -0.2) is 18.9 Å². The van der Waals surface area contributed by atoms with E-state index in [1.165, 1.54) is 13.3 Å². The zero-order valence-corrected chi connectivity index (χ0v) is 16.2. The van der Waals surface area contributed by atoms with Gasteiger partial charge in [-0.1, -0.05) is 41.9 Å². The molecule has 2 amide bonds. The van der Waals surface area contributed by atoms with Gasteiger partial charge in [-0.3, -0.25) is 9.59 Å². The zero-order chi connectivity index (χ0) is 18.7. The van der Waals surface area contributed by atoms with Gasteiger partial charge >= 0.3 is 0 Å². The Hall–Kier alpha value is -2.31. The van der Waals surface area contributed by atoms with Crippen molar-refractivity contribution in [1.29, 1.82) is 0 Å². The van der Waals surface area contributed by atoms with Crippen LogP contribution in [0.15, 0.2) is 58.7 Å². The van der Waals surface area contributed by atoms with Crippen molar-refractivity contribution in [3.05, 3.63) is 69.3 Å². The Labute approximate surface area is 164 Å². The van der Waals surface area contributed by atoms with E-state index < -0.39 is 0 Å². The summed E-state index contributed by atoms with van der Waals surface area (Å²) < 4.78 is 5.83. The molecule has 2 N–H and O–H groups in total. The molecule has 5 nitrogen and oxygen atoms in total. The summed E-state index contributed by atoms with van der Waals surface area (Å²) in [6, 6.07) is 12.8. The first-order valence-corrected chi connectivity index (χ1v) is 9.05. The monoisotopic (exact) mass is 434 g/mol. The van der Waals surface area contributed by atoms with Gasteiger partial charge in [0.05, 0.1) is 17.8 Å². The molecule has 3 rings (SSSR count). The molecule has 1 aliphatic heterocycles. The van der Waals surface area contributed by atoms with Crippen LogP contribution in [0.5, 0.6) is 5.75 Å².